The first-order valence-electron chi connectivity index (χ1n) is 8.66. The van der Waals surface area contributed by atoms with E-state index in [1.54, 1.807) is 4.90 Å². The predicted molar refractivity (Wildman–Crippen MR) is 95.0 cm³/mol. The van der Waals surface area contributed by atoms with Gasteiger partial charge in [-0.15, -0.1) is 0 Å². The quantitative estimate of drug-likeness (QED) is 0.915. The molecule has 0 radical (unpaired) electrons. The molecule has 1 aromatic carbocycles. The fourth-order valence-electron chi connectivity index (χ4n) is 2.76. The molecule has 5 nitrogen and oxygen atoms in total. The molecule has 0 spiro atoms. The summed E-state index contributed by atoms with van der Waals surface area (Å²) >= 11 is 0. The monoisotopic (exact) mass is 332 g/mol. The third-order valence-corrected chi connectivity index (χ3v) is 4.12. The molecular weight excluding hydrogens is 304 g/mol. The van der Waals surface area contributed by atoms with Gasteiger partial charge in [0.15, 0.2) is 0 Å². The van der Waals surface area contributed by atoms with Gasteiger partial charge in [-0.3, -0.25) is 4.79 Å². The zero-order valence-corrected chi connectivity index (χ0v) is 15.1. The van der Waals surface area contributed by atoms with Gasteiger partial charge in [-0.1, -0.05) is 19.1 Å². The van der Waals surface area contributed by atoms with E-state index in [1.807, 2.05) is 39.0 Å². The maximum atomic E-state index is 12.4. The number of ether oxygens (including phenoxy) is 1. The Kier molecular flexibility index (Phi) is 5.86. The first-order valence-corrected chi connectivity index (χ1v) is 8.66. The van der Waals surface area contributed by atoms with Crippen molar-refractivity contribution in [2.75, 3.05) is 18.4 Å². The summed E-state index contributed by atoms with van der Waals surface area (Å²) in [7, 11) is 0. The molecule has 132 valence electrons. The van der Waals surface area contributed by atoms with E-state index in [4.69, 9.17) is 4.74 Å². The van der Waals surface area contributed by atoms with Crippen molar-refractivity contribution < 1.29 is 14.3 Å². The number of carbonyl (C=O) groups excluding carboxylic acids is 2. The number of amides is 2. The number of piperidine rings is 1. The second-order valence-corrected chi connectivity index (χ2v) is 7.28. The SMILES string of the molecule is CCc1cccc(NC(=O)C2CCN(C(=O)OC(C)(C)C)CC2)c1. The van der Waals surface area contributed by atoms with E-state index >= 15 is 0 Å². The molecule has 5 heteroatoms. The van der Waals surface area contributed by atoms with Crippen LogP contribution in [0.1, 0.15) is 46.1 Å². The minimum Gasteiger partial charge on any atom is -0.444 e. The molecule has 2 amide bonds. The number of anilines is 1. The van der Waals surface area contributed by atoms with Gasteiger partial charge in [0, 0.05) is 24.7 Å². The van der Waals surface area contributed by atoms with Crippen molar-refractivity contribution in [3.05, 3.63) is 29.8 Å². The summed E-state index contributed by atoms with van der Waals surface area (Å²) in [5.74, 6) is -0.0268. The van der Waals surface area contributed by atoms with Crippen LogP contribution in [-0.2, 0) is 16.0 Å². The van der Waals surface area contributed by atoms with Crippen LogP contribution in [0.2, 0.25) is 0 Å². The third-order valence-electron chi connectivity index (χ3n) is 4.12. The van der Waals surface area contributed by atoms with Gasteiger partial charge >= 0.3 is 6.09 Å². The smallest absolute Gasteiger partial charge is 0.410 e. The Morgan fingerprint density at radius 1 is 1.25 bits per heavy atom. The second-order valence-electron chi connectivity index (χ2n) is 7.28. The van der Waals surface area contributed by atoms with E-state index < -0.39 is 5.60 Å². The molecule has 1 saturated heterocycles. The first-order chi connectivity index (χ1) is 11.3. The second kappa shape index (κ2) is 7.69. The highest BCUT2D eigenvalue weighted by atomic mass is 16.6. The van der Waals surface area contributed by atoms with Gasteiger partial charge < -0.3 is 15.0 Å². The van der Waals surface area contributed by atoms with Crippen LogP contribution in [0.5, 0.6) is 0 Å². The molecule has 1 N–H and O–H groups in total. The third kappa shape index (κ3) is 5.25. The minimum atomic E-state index is -0.490. The fraction of sp³-hybridized carbons (Fsp3) is 0.579. The molecule has 0 unspecified atom stereocenters. The lowest BCUT2D eigenvalue weighted by Crippen LogP contribution is -2.43. The molecule has 0 atom stereocenters. The topological polar surface area (TPSA) is 58.6 Å². The lowest BCUT2D eigenvalue weighted by atomic mass is 9.96. The van der Waals surface area contributed by atoms with Gasteiger partial charge in [0.25, 0.3) is 0 Å². The Bertz CT molecular complexity index is 585. The van der Waals surface area contributed by atoms with Crippen molar-refractivity contribution >= 4 is 17.7 Å². The van der Waals surface area contributed by atoms with E-state index in [-0.39, 0.29) is 17.9 Å². The fourth-order valence-corrected chi connectivity index (χ4v) is 2.76. The lowest BCUT2D eigenvalue weighted by molar-refractivity contribution is -0.121. The number of nitrogens with zero attached hydrogens (tertiary/aromatic N) is 1. The van der Waals surface area contributed by atoms with Crippen LogP contribution >= 0.6 is 0 Å². The Morgan fingerprint density at radius 2 is 1.92 bits per heavy atom. The van der Waals surface area contributed by atoms with Crippen molar-refractivity contribution in [3.8, 4) is 0 Å². The molecule has 24 heavy (non-hydrogen) atoms. The van der Waals surface area contributed by atoms with E-state index in [0.29, 0.717) is 25.9 Å². The molecule has 0 bridgehead atoms. The van der Waals surface area contributed by atoms with Gasteiger partial charge in [0.05, 0.1) is 0 Å². The highest BCUT2D eigenvalue weighted by Gasteiger charge is 2.29. The first kappa shape index (κ1) is 18.3. The highest BCUT2D eigenvalue weighted by molar-refractivity contribution is 5.92. The van der Waals surface area contributed by atoms with Crippen molar-refractivity contribution in [3.63, 3.8) is 0 Å². The summed E-state index contributed by atoms with van der Waals surface area (Å²) in [4.78, 5) is 26.2. The van der Waals surface area contributed by atoms with Crippen LogP contribution in [0.25, 0.3) is 0 Å². The molecule has 1 aliphatic heterocycles. The van der Waals surface area contributed by atoms with Crippen LogP contribution in [0.3, 0.4) is 0 Å². The standard InChI is InChI=1S/C19H28N2O3/c1-5-14-7-6-8-16(13-14)20-17(22)15-9-11-21(12-10-15)18(23)24-19(2,3)4/h6-8,13,15H,5,9-12H2,1-4H3,(H,20,22). The number of carbonyl (C=O) groups is 2. The molecule has 0 aromatic heterocycles. The van der Waals surface area contributed by atoms with Crippen molar-refractivity contribution in [2.24, 2.45) is 5.92 Å². The molecule has 0 aliphatic carbocycles. The van der Waals surface area contributed by atoms with Crippen molar-refractivity contribution in [1.29, 1.82) is 0 Å². The highest BCUT2D eigenvalue weighted by Crippen LogP contribution is 2.21. The molecule has 1 aromatic rings. The largest absolute Gasteiger partial charge is 0.444 e. The zero-order valence-electron chi connectivity index (χ0n) is 15.1. The molecular formula is C19H28N2O3. The zero-order chi connectivity index (χ0) is 17.7. The number of hydrogen-bond acceptors (Lipinski definition) is 3. The van der Waals surface area contributed by atoms with E-state index in [2.05, 4.69) is 18.3 Å². The van der Waals surface area contributed by atoms with Gasteiger partial charge in [-0.25, -0.2) is 4.79 Å². The number of likely N-dealkylation sites (tertiary alicyclic amines) is 1. The van der Waals surface area contributed by atoms with Crippen LogP contribution in [0.15, 0.2) is 24.3 Å². The summed E-state index contributed by atoms with van der Waals surface area (Å²) in [5, 5.41) is 3.00. The molecule has 1 heterocycles. The summed E-state index contributed by atoms with van der Waals surface area (Å²) < 4.78 is 5.38. The van der Waals surface area contributed by atoms with Crippen LogP contribution in [0, 0.1) is 5.92 Å². The number of rotatable bonds is 3. The maximum absolute atomic E-state index is 12.4. The van der Waals surface area contributed by atoms with Gasteiger partial charge in [-0.05, 0) is 57.7 Å². The van der Waals surface area contributed by atoms with Gasteiger partial charge in [-0.2, -0.15) is 0 Å². The summed E-state index contributed by atoms with van der Waals surface area (Å²) in [6.45, 7) is 8.78. The average Bonchev–Trinajstić information content (AvgIpc) is 2.53. The Hall–Kier alpha value is -2.04. The Labute approximate surface area is 144 Å². The van der Waals surface area contributed by atoms with Crippen LogP contribution in [-0.4, -0.2) is 35.6 Å². The van der Waals surface area contributed by atoms with Crippen LogP contribution in [0.4, 0.5) is 10.5 Å². The maximum Gasteiger partial charge on any atom is 0.410 e. The molecule has 2 rings (SSSR count). The summed E-state index contributed by atoms with van der Waals surface area (Å²) in [5.41, 5.74) is 1.55. The van der Waals surface area contributed by atoms with Crippen LogP contribution < -0.4 is 5.32 Å². The van der Waals surface area contributed by atoms with E-state index in [0.717, 1.165) is 12.1 Å². The van der Waals surface area contributed by atoms with Crippen molar-refractivity contribution in [1.82, 2.24) is 4.90 Å². The number of hydrogen-bond donors (Lipinski definition) is 1. The Balaban J connectivity index is 1.85. The summed E-state index contributed by atoms with van der Waals surface area (Å²) in [6.07, 6.45) is 1.98. The lowest BCUT2D eigenvalue weighted by Gasteiger charge is -2.32. The Morgan fingerprint density at radius 3 is 2.50 bits per heavy atom. The molecule has 1 aliphatic rings. The number of nitrogens with one attached hydrogen (secondary N) is 1. The minimum absolute atomic E-state index is 0.0343. The van der Waals surface area contributed by atoms with E-state index in [9.17, 15) is 9.59 Å². The van der Waals surface area contributed by atoms with Gasteiger partial charge in [0.2, 0.25) is 5.91 Å². The number of benzene rings is 1. The van der Waals surface area contributed by atoms with E-state index in [1.165, 1.54) is 5.56 Å². The normalized spacial score (nSPS) is 15.9. The number of aryl methyl sites for hydroxylation is 1. The average molecular weight is 332 g/mol. The molecule has 0 saturated carbocycles. The van der Waals surface area contributed by atoms with Gasteiger partial charge in [0.1, 0.15) is 5.60 Å². The van der Waals surface area contributed by atoms with Crippen molar-refractivity contribution in [2.45, 2.75) is 52.6 Å². The molecule has 1 fully saturated rings. The summed E-state index contributed by atoms with van der Waals surface area (Å²) in [6, 6.07) is 7.93. The predicted octanol–water partition coefficient (Wildman–Crippen LogP) is 3.83.